The van der Waals surface area contributed by atoms with E-state index in [1.807, 2.05) is 24.3 Å². The summed E-state index contributed by atoms with van der Waals surface area (Å²) in [6, 6.07) is 10.1. The first-order chi connectivity index (χ1) is 11.2. The summed E-state index contributed by atoms with van der Waals surface area (Å²) in [5.74, 6) is 1.69. The Hall–Kier alpha value is -2.14. The molecule has 1 aliphatic carbocycles. The van der Waals surface area contributed by atoms with Gasteiger partial charge in [-0.2, -0.15) is 0 Å². The number of hydrogen-bond donors (Lipinski definition) is 2. The van der Waals surface area contributed by atoms with Crippen LogP contribution in [0.1, 0.15) is 28.6 Å². The molecule has 0 unspecified atom stereocenters. The Labute approximate surface area is 138 Å². The fourth-order valence-electron chi connectivity index (χ4n) is 3.10. The van der Waals surface area contributed by atoms with Crippen LogP contribution in [-0.2, 0) is 11.2 Å². The van der Waals surface area contributed by atoms with Gasteiger partial charge in [-0.05, 0) is 42.5 Å². The van der Waals surface area contributed by atoms with E-state index in [1.165, 1.54) is 10.4 Å². The Morgan fingerprint density at radius 1 is 1.39 bits per heavy atom. The number of hydrogen-bond acceptors (Lipinski definition) is 3. The molecule has 0 aliphatic heterocycles. The van der Waals surface area contributed by atoms with Crippen LogP contribution in [0.3, 0.4) is 0 Å². The van der Waals surface area contributed by atoms with Gasteiger partial charge in [-0.25, -0.2) is 4.98 Å². The maximum Gasteiger partial charge on any atom is 0.223 e. The Balaban J connectivity index is 1.30. The standard InChI is InChI=1S/C18H19N3OS/c1-11-7-9-23-17(11)12-10-13(12)18(22)19-8-6-16-20-14-4-2-3-5-15(14)21-16/h2-5,7,9,12-13H,6,8,10H2,1H3,(H,19,22)(H,20,21)/t12-,13-/m0/s1. The van der Waals surface area contributed by atoms with Crippen molar-refractivity contribution in [2.75, 3.05) is 6.54 Å². The second kappa shape index (κ2) is 5.81. The Morgan fingerprint density at radius 3 is 3.04 bits per heavy atom. The zero-order valence-electron chi connectivity index (χ0n) is 13.0. The lowest BCUT2D eigenvalue weighted by Gasteiger charge is -2.03. The molecule has 0 bridgehead atoms. The van der Waals surface area contributed by atoms with E-state index < -0.39 is 0 Å². The molecule has 0 radical (unpaired) electrons. The first-order valence-corrected chi connectivity index (χ1v) is 8.85. The molecule has 2 aromatic heterocycles. The average molecular weight is 325 g/mol. The van der Waals surface area contributed by atoms with Gasteiger partial charge in [0.2, 0.25) is 5.91 Å². The number of H-pyrrole nitrogens is 1. The molecule has 1 fully saturated rings. The number of amides is 1. The number of para-hydroxylation sites is 2. The highest BCUT2D eigenvalue weighted by Crippen LogP contribution is 2.50. The van der Waals surface area contributed by atoms with Gasteiger partial charge >= 0.3 is 0 Å². The number of carbonyl (C=O) groups excluding carboxylic acids is 1. The molecule has 4 nitrogen and oxygen atoms in total. The van der Waals surface area contributed by atoms with Gasteiger partial charge in [0.25, 0.3) is 0 Å². The molecule has 23 heavy (non-hydrogen) atoms. The molecule has 2 atom stereocenters. The summed E-state index contributed by atoms with van der Waals surface area (Å²) in [7, 11) is 0. The highest BCUT2D eigenvalue weighted by Gasteiger charge is 2.45. The van der Waals surface area contributed by atoms with Crippen LogP contribution in [0.15, 0.2) is 35.7 Å². The van der Waals surface area contributed by atoms with Gasteiger partial charge in [-0.1, -0.05) is 12.1 Å². The predicted octanol–water partition coefficient (Wildman–Crippen LogP) is 3.40. The minimum Gasteiger partial charge on any atom is -0.355 e. The number of fused-ring (bicyclic) bond motifs is 1. The lowest BCUT2D eigenvalue weighted by atomic mass is 10.2. The topological polar surface area (TPSA) is 57.8 Å². The molecular formula is C18H19N3OS. The van der Waals surface area contributed by atoms with Crippen LogP contribution in [0, 0.1) is 12.8 Å². The molecule has 4 rings (SSSR count). The van der Waals surface area contributed by atoms with E-state index in [2.05, 4.69) is 33.7 Å². The molecular weight excluding hydrogens is 306 g/mol. The number of nitrogens with zero attached hydrogens (tertiary/aromatic N) is 1. The number of aromatic nitrogens is 2. The highest BCUT2D eigenvalue weighted by molar-refractivity contribution is 7.10. The number of benzene rings is 1. The fourth-order valence-corrected chi connectivity index (χ4v) is 4.21. The summed E-state index contributed by atoms with van der Waals surface area (Å²) >= 11 is 1.77. The van der Waals surface area contributed by atoms with Gasteiger partial charge in [0, 0.05) is 29.7 Å². The van der Waals surface area contributed by atoms with E-state index in [9.17, 15) is 4.79 Å². The lowest BCUT2D eigenvalue weighted by Crippen LogP contribution is -2.27. The van der Waals surface area contributed by atoms with E-state index in [0.29, 0.717) is 12.5 Å². The first-order valence-electron chi connectivity index (χ1n) is 7.97. The number of aryl methyl sites for hydroxylation is 1. The second-order valence-electron chi connectivity index (χ2n) is 6.16. The molecule has 1 aliphatic rings. The van der Waals surface area contributed by atoms with Gasteiger partial charge in [0.15, 0.2) is 0 Å². The van der Waals surface area contributed by atoms with Gasteiger partial charge in [0.1, 0.15) is 5.82 Å². The van der Waals surface area contributed by atoms with Crippen molar-refractivity contribution in [2.24, 2.45) is 5.92 Å². The molecule has 2 heterocycles. The third kappa shape index (κ3) is 2.88. The first kappa shape index (κ1) is 14.5. The van der Waals surface area contributed by atoms with E-state index in [1.54, 1.807) is 11.3 Å². The van der Waals surface area contributed by atoms with Crippen LogP contribution in [0.4, 0.5) is 0 Å². The van der Waals surface area contributed by atoms with Gasteiger partial charge < -0.3 is 10.3 Å². The largest absolute Gasteiger partial charge is 0.355 e. The summed E-state index contributed by atoms with van der Waals surface area (Å²) in [6.07, 6.45) is 1.72. The normalized spacial score (nSPS) is 19.9. The summed E-state index contributed by atoms with van der Waals surface area (Å²) in [5.41, 5.74) is 3.34. The van der Waals surface area contributed by atoms with E-state index in [-0.39, 0.29) is 11.8 Å². The maximum atomic E-state index is 12.2. The van der Waals surface area contributed by atoms with Crippen LogP contribution >= 0.6 is 11.3 Å². The molecule has 1 saturated carbocycles. The Kier molecular flexibility index (Phi) is 3.65. The van der Waals surface area contributed by atoms with Crippen molar-refractivity contribution in [3.8, 4) is 0 Å². The number of imidazole rings is 1. The quantitative estimate of drug-likeness (QED) is 0.755. The van der Waals surface area contributed by atoms with Gasteiger partial charge in [-0.3, -0.25) is 4.79 Å². The van der Waals surface area contributed by atoms with Crippen LogP contribution in [0.5, 0.6) is 0 Å². The SMILES string of the molecule is Cc1ccsc1[C@H]1C[C@@H]1C(=O)NCCc1nc2ccccc2[nH]1. The molecule has 5 heteroatoms. The third-order valence-electron chi connectivity index (χ3n) is 4.47. The van der Waals surface area contributed by atoms with Crippen LogP contribution in [0.2, 0.25) is 0 Å². The van der Waals surface area contributed by atoms with Crippen molar-refractivity contribution in [1.82, 2.24) is 15.3 Å². The smallest absolute Gasteiger partial charge is 0.223 e. The average Bonchev–Trinajstić information content (AvgIpc) is 3.04. The molecule has 1 aromatic carbocycles. The lowest BCUT2D eigenvalue weighted by molar-refractivity contribution is -0.122. The van der Waals surface area contributed by atoms with Crippen molar-refractivity contribution >= 4 is 28.3 Å². The molecule has 0 saturated heterocycles. The number of carbonyl (C=O) groups is 1. The van der Waals surface area contributed by atoms with Crippen LogP contribution < -0.4 is 5.32 Å². The second-order valence-corrected chi connectivity index (χ2v) is 7.11. The molecule has 2 N–H and O–H groups in total. The molecule has 1 amide bonds. The highest BCUT2D eigenvalue weighted by atomic mass is 32.1. The fraction of sp³-hybridized carbons (Fsp3) is 0.333. The number of nitrogens with one attached hydrogen (secondary N) is 2. The minimum atomic E-state index is 0.156. The molecule has 0 spiro atoms. The van der Waals surface area contributed by atoms with E-state index >= 15 is 0 Å². The monoisotopic (exact) mass is 325 g/mol. The zero-order chi connectivity index (χ0) is 15.8. The van der Waals surface area contributed by atoms with Crippen molar-refractivity contribution in [1.29, 1.82) is 0 Å². The van der Waals surface area contributed by atoms with Crippen molar-refractivity contribution in [2.45, 2.75) is 25.7 Å². The maximum absolute atomic E-state index is 12.2. The van der Waals surface area contributed by atoms with E-state index in [4.69, 9.17) is 0 Å². The summed E-state index contributed by atoms with van der Waals surface area (Å²) in [4.78, 5) is 21.4. The molecule has 3 aromatic rings. The Bertz CT molecular complexity index is 818. The number of rotatable bonds is 5. The number of thiophene rings is 1. The predicted molar refractivity (Wildman–Crippen MR) is 92.7 cm³/mol. The van der Waals surface area contributed by atoms with Crippen LogP contribution in [0.25, 0.3) is 11.0 Å². The van der Waals surface area contributed by atoms with Crippen molar-refractivity contribution in [3.63, 3.8) is 0 Å². The molecule has 118 valence electrons. The van der Waals surface area contributed by atoms with Crippen molar-refractivity contribution < 1.29 is 4.79 Å². The summed E-state index contributed by atoms with van der Waals surface area (Å²) in [6.45, 7) is 2.76. The Morgan fingerprint density at radius 2 is 2.26 bits per heavy atom. The zero-order valence-corrected chi connectivity index (χ0v) is 13.8. The summed E-state index contributed by atoms with van der Waals surface area (Å²) < 4.78 is 0. The van der Waals surface area contributed by atoms with E-state index in [0.717, 1.165) is 29.7 Å². The summed E-state index contributed by atoms with van der Waals surface area (Å²) in [5, 5.41) is 5.17. The van der Waals surface area contributed by atoms with Crippen molar-refractivity contribution in [3.05, 3.63) is 52.0 Å². The number of aromatic amines is 1. The third-order valence-corrected chi connectivity index (χ3v) is 5.62. The minimum absolute atomic E-state index is 0.156. The van der Waals surface area contributed by atoms with Crippen LogP contribution in [-0.4, -0.2) is 22.4 Å². The van der Waals surface area contributed by atoms with Gasteiger partial charge in [-0.15, -0.1) is 11.3 Å². The van der Waals surface area contributed by atoms with Gasteiger partial charge in [0.05, 0.1) is 11.0 Å².